The number of hydrogen-bond donors (Lipinski definition) is 0. The molecule has 0 radical (unpaired) electrons. The van der Waals surface area contributed by atoms with Gasteiger partial charge in [-0.05, 0) is 63.7 Å². The summed E-state index contributed by atoms with van der Waals surface area (Å²) >= 11 is 0. The third-order valence-electron chi connectivity index (χ3n) is 9.67. The van der Waals surface area contributed by atoms with Crippen molar-refractivity contribution in [2.24, 2.45) is 0 Å². The van der Waals surface area contributed by atoms with E-state index in [2.05, 4.69) is 179 Å². The zero-order valence-corrected chi connectivity index (χ0v) is 25.1. The third kappa shape index (κ3) is 3.53. The Hall–Kier alpha value is -6.12. The average molecular weight is 585 g/mol. The molecule has 0 atom stereocenters. The first kappa shape index (κ1) is 25.2. The normalized spacial score (nSPS) is 11.9. The minimum atomic E-state index is 1.17. The molecule has 0 N–H and O–H groups in total. The van der Waals surface area contributed by atoms with Crippen LogP contribution in [0.1, 0.15) is 0 Å². The van der Waals surface area contributed by atoms with Crippen LogP contribution >= 0.6 is 0 Å². The van der Waals surface area contributed by atoms with Crippen LogP contribution in [0.3, 0.4) is 0 Å². The molecule has 0 saturated carbocycles. The summed E-state index contributed by atoms with van der Waals surface area (Å²) in [4.78, 5) is 0. The molecule has 0 aliphatic rings. The number of hydrogen-bond acceptors (Lipinski definition) is 0. The lowest BCUT2D eigenvalue weighted by Crippen LogP contribution is -1.97. The summed E-state index contributed by atoms with van der Waals surface area (Å²) < 4.78 is 4.97. The molecule has 0 bridgehead atoms. The van der Waals surface area contributed by atoms with Crippen LogP contribution in [0, 0.1) is 0 Å². The van der Waals surface area contributed by atoms with Gasteiger partial charge in [0.05, 0.1) is 27.8 Å². The zero-order chi connectivity index (χ0) is 30.2. The largest absolute Gasteiger partial charge is 0.309 e. The van der Waals surface area contributed by atoms with Gasteiger partial charge < -0.3 is 9.13 Å². The molecule has 2 aromatic heterocycles. The topological polar surface area (TPSA) is 9.86 Å². The second-order valence-electron chi connectivity index (χ2n) is 12.1. The monoisotopic (exact) mass is 584 g/mol. The summed E-state index contributed by atoms with van der Waals surface area (Å²) in [5.74, 6) is 0. The van der Waals surface area contributed by atoms with Gasteiger partial charge in [0.15, 0.2) is 0 Å². The van der Waals surface area contributed by atoms with Crippen molar-refractivity contribution in [1.82, 2.24) is 9.13 Å². The molecule has 0 unspecified atom stereocenters. The van der Waals surface area contributed by atoms with Crippen molar-refractivity contribution in [3.63, 3.8) is 0 Å². The van der Waals surface area contributed by atoms with Gasteiger partial charge in [-0.1, -0.05) is 133 Å². The lowest BCUT2D eigenvalue weighted by Gasteiger charge is -2.15. The third-order valence-corrected chi connectivity index (χ3v) is 9.67. The van der Waals surface area contributed by atoms with E-state index in [1.807, 2.05) is 0 Å². The summed E-state index contributed by atoms with van der Waals surface area (Å²) in [7, 11) is 0. The number of para-hydroxylation sites is 2. The van der Waals surface area contributed by atoms with Gasteiger partial charge in [0.2, 0.25) is 0 Å². The zero-order valence-electron chi connectivity index (χ0n) is 25.1. The van der Waals surface area contributed by atoms with Crippen LogP contribution in [0.15, 0.2) is 170 Å². The first-order chi connectivity index (χ1) is 22.8. The standard InChI is InChI=1S/C44H28N2/c1-2-13-30(14-3-1)38-28-32(27-31-16-5-6-18-33(31)38)45-40-22-10-8-20-35(40)36-25-26-42-43(44(36)45)37-21-9-11-23-41(37)46(42)39-24-12-17-29-15-4-7-19-34(29)39/h1-28H. The van der Waals surface area contributed by atoms with Crippen LogP contribution in [0.25, 0.3) is 87.7 Å². The minimum absolute atomic E-state index is 1.17. The highest BCUT2D eigenvalue weighted by Crippen LogP contribution is 2.43. The molecule has 0 amide bonds. The highest BCUT2D eigenvalue weighted by atomic mass is 15.0. The number of aromatic nitrogens is 2. The van der Waals surface area contributed by atoms with Gasteiger partial charge in [-0.25, -0.2) is 0 Å². The Morgan fingerprint density at radius 3 is 1.80 bits per heavy atom. The van der Waals surface area contributed by atoms with Gasteiger partial charge in [-0.3, -0.25) is 0 Å². The van der Waals surface area contributed by atoms with E-state index in [4.69, 9.17) is 0 Å². The average Bonchev–Trinajstić information content (AvgIpc) is 3.64. The molecule has 2 nitrogen and oxygen atoms in total. The van der Waals surface area contributed by atoms with Crippen LogP contribution in [0.4, 0.5) is 0 Å². The maximum absolute atomic E-state index is 2.51. The predicted octanol–water partition coefficient (Wildman–Crippen LogP) is 11.9. The van der Waals surface area contributed by atoms with Crippen LogP contribution in [0.5, 0.6) is 0 Å². The highest BCUT2D eigenvalue weighted by molar-refractivity contribution is 6.26. The Morgan fingerprint density at radius 1 is 0.348 bits per heavy atom. The molecular weight excluding hydrogens is 556 g/mol. The van der Waals surface area contributed by atoms with E-state index in [1.54, 1.807) is 0 Å². The molecule has 46 heavy (non-hydrogen) atoms. The molecule has 2 heteroatoms. The highest BCUT2D eigenvalue weighted by Gasteiger charge is 2.22. The quantitative estimate of drug-likeness (QED) is 0.195. The molecule has 10 rings (SSSR count). The fraction of sp³-hybridized carbons (Fsp3) is 0. The van der Waals surface area contributed by atoms with Crippen LogP contribution in [-0.4, -0.2) is 9.13 Å². The maximum Gasteiger partial charge on any atom is 0.0641 e. The Bertz CT molecular complexity index is 2790. The van der Waals surface area contributed by atoms with Crippen molar-refractivity contribution in [1.29, 1.82) is 0 Å². The van der Waals surface area contributed by atoms with Crippen molar-refractivity contribution >= 4 is 65.2 Å². The summed E-state index contributed by atoms with van der Waals surface area (Å²) in [5, 5.41) is 10.0. The van der Waals surface area contributed by atoms with Crippen LogP contribution in [0.2, 0.25) is 0 Å². The van der Waals surface area contributed by atoms with E-state index in [-0.39, 0.29) is 0 Å². The molecule has 214 valence electrons. The fourth-order valence-electron chi connectivity index (χ4n) is 7.72. The van der Waals surface area contributed by atoms with Gasteiger partial charge in [-0.2, -0.15) is 0 Å². The second kappa shape index (κ2) is 9.69. The van der Waals surface area contributed by atoms with Gasteiger partial charge in [0, 0.05) is 32.6 Å². The summed E-state index contributed by atoms with van der Waals surface area (Å²) in [6.07, 6.45) is 0. The summed E-state index contributed by atoms with van der Waals surface area (Å²) in [5.41, 5.74) is 9.69. The Balaban J connectivity index is 1.40. The van der Waals surface area contributed by atoms with E-state index in [1.165, 1.54) is 87.7 Å². The molecule has 2 heterocycles. The van der Waals surface area contributed by atoms with E-state index in [0.29, 0.717) is 0 Å². The van der Waals surface area contributed by atoms with Gasteiger partial charge in [0.25, 0.3) is 0 Å². The minimum Gasteiger partial charge on any atom is -0.309 e. The molecule has 0 aliphatic heterocycles. The molecule has 10 aromatic rings. The van der Waals surface area contributed by atoms with Gasteiger partial charge in [0.1, 0.15) is 0 Å². The smallest absolute Gasteiger partial charge is 0.0641 e. The molecular formula is C44H28N2. The molecule has 0 saturated heterocycles. The number of nitrogens with zero attached hydrogens (tertiary/aromatic N) is 2. The Kier molecular flexibility index (Phi) is 5.31. The van der Waals surface area contributed by atoms with E-state index >= 15 is 0 Å². The number of benzene rings is 8. The van der Waals surface area contributed by atoms with E-state index < -0.39 is 0 Å². The number of fused-ring (bicyclic) bond motifs is 9. The first-order valence-electron chi connectivity index (χ1n) is 15.9. The van der Waals surface area contributed by atoms with E-state index in [0.717, 1.165) is 0 Å². The molecule has 0 spiro atoms. The lowest BCUT2D eigenvalue weighted by molar-refractivity contribution is 1.19. The van der Waals surface area contributed by atoms with Crippen molar-refractivity contribution < 1.29 is 0 Å². The molecule has 0 aliphatic carbocycles. The molecule has 0 fully saturated rings. The summed E-state index contributed by atoms with van der Waals surface area (Å²) in [6.45, 7) is 0. The van der Waals surface area contributed by atoms with Crippen molar-refractivity contribution in [2.75, 3.05) is 0 Å². The fourth-order valence-corrected chi connectivity index (χ4v) is 7.72. The second-order valence-corrected chi connectivity index (χ2v) is 12.1. The molecule has 8 aromatic carbocycles. The Labute approximate surface area is 266 Å². The van der Waals surface area contributed by atoms with Crippen molar-refractivity contribution in [2.45, 2.75) is 0 Å². The van der Waals surface area contributed by atoms with E-state index in [9.17, 15) is 0 Å². The first-order valence-corrected chi connectivity index (χ1v) is 15.9. The lowest BCUT2D eigenvalue weighted by atomic mass is 9.97. The SMILES string of the molecule is c1ccc(-c2cc(-n3c4ccccc4c4ccc5c(c6ccccc6n5-c5cccc6ccccc56)c43)cc3ccccc23)cc1. The maximum atomic E-state index is 2.51. The van der Waals surface area contributed by atoms with Crippen molar-refractivity contribution in [3.8, 4) is 22.5 Å². The van der Waals surface area contributed by atoms with Crippen LogP contribution < -0.4 is 0 Å². The van der Waals surface area contributed by atoms with Gasteiger partial charge >= 0.3 is 0 Å². The number of rotatable bonds is 3. The van der Waals surface area contributed by atoms with Crippen LogP contribution in [-0.2, 0) is 0 Å². The predicted molar refractivity (Wildman–Crippen MR) is 196 cm³/mol. The summed E-state index contributed by atoms with van der Waals surface area (Å²) in [6, 6.07) is 62.0. The Morgan fingerprint density at radius 2 is 0.978 bits per heavy atom. The van der Waals surface area contributed by atoms with Crippen molar-refractivity contribution in [3.05, 3.63) is 170 Å². The van der Waals surface area contributed by atoms with Gasteiger partial charge in [-0.15, -0.1) is 0 Å².